The van der Waals surface area contributed by atoms with Gasteiger partial charge >= 0.3 is 0 Å². The van der Waals surface area contributed by atoms with E-state index in [0.717, 1.165) is 0 Å². The second-order valence-electron chi connectivity index (χ2n) is 4.20. The van der Waals surface area contributed by atoms with Crippen LogP contribution >= 0.6 is 11.8 Å². The van der Waals surface area contributed by atoms with Crippen LogP contribution < -0.4 is 10.1 Å². The van der Waals surface area contributed by atoms with Crippen LogP contribution in [0.4, 0.5) is 5.69 Å². The zero-order chi connectivity index (χ0) is 15.4. The molecule has 2 amide bonds. The zero-order valence-corrected chi connectivity index (χ0v) is 12.7. The molecule has 1 saturated heterocycles. The van der Waals surface area contributed by atoms with E-state index in [0.29, 0.717) is 21.5 Å². The molecular formula is C14H15N3O3S. The average Bonchev–Trinajstić information content (AvgIpc) is 2.76. The number of carbonyl (C=O) groups excluding carboxylic acids is 2. The number of anilines is 1. The number of nitrogens with zero attached hydrogens (tertiary/aromatic N) is 2. The number of benzene rings is 1. The van der Waals surface area contributed by atoms with E-state index in [1.807, 2.05) is 0 Å². The molecule has 0 spiro atoms. The van der Waals surface area contributed by atoms with Gasteiger partial charge in [-0.2, -0.15) is 0 Å². The second-order valence-corrected chi connectivity index (χ2v) is 5.21. The predicted molar refractivity (Wildman–Crippen MR) is 83.4 cm³/mol. The number of amidine groups is 1. The lowest BCUT2D eigenvalue weighted by molar-refractivity contribution is -0.121. The van der Waals surface area contributed by atoms with Crippen molar-refractivity contribution in [1.82, 2.24) is 4.90 Å². The number of thioether (sulfide) groups is 1. The molecular weight excluding hydrogens is 290 g/mol. The lowest BCUT2D eigenvalue weighted by atomic mass is 10.3. The minimum absolute atomic E-state index is 0.231. The summed E-state index contributed by atoms with van der Waals surface area (Å²) in [5.74, 6) is 0.116. The van der Waals surface area contributed by atoms with Crippen molar-refractivity contribution in [2.24, 2.45) is 4.99 Å². The predicted octanol–water partition coefficient (Wildman–Crippen LogP) is 1.71. The van der Waals surface area contributed by atoms with Crippen LogP contribution in [-0.2, 0) is 9.59 Å². The number of hydrogen-bond acceptors (Lipinski definition) is 5. The number of methoxy groups -OCH3 is 1. The summed E-state index contributed by atoms with van der Waals surface area (Å²) in [4.78, 5) is 29.6. The Morgan fingerprint density at radius 1 is 1.38 bits per heavy atom. The highest BCUT2D eigenvalue weighted by Gasteiger charge is 2.30. The van der Waals surface area contributed by atoms with Gasteiger partial charge in [0.2, 0.25) is 5.91 Å². The van der Waals surface area contributed by atoms with Gasteiger partial charge in [0.1, 0.15) is 5.75 Å². The Labute approximate surface area is 126 Å². The summed E-state index contributed by atoms with van der Waals surface area (Å²) < 4.78 is 5.04. The Morgan fingerprint density at radius 3 is 2.57 bits per heavy atom. The van der Waals surface area contributed by atoms with Crippen molar-refractivity contribution in [3.05, 3.63) is 35.2 Å². The van der Waals surface area contributed by atoms with Crippen molar-refractivity contribution in [2.75, 3.05) is 26.5 Å². The van der Waals surface area contributed by atoms with E-state index in [1.54, 1.807) is 45.5 Å². The first-order valence-electron chi connectivity index (χ1n) is 6.14. The van der Waals surface area contributed by atoms with Gasteiger partial charge in [-0.15, -0.1) is 0 Å². The van der Waals surface area contributed by atoms with Crippen LogP contribution in [0.1, 0.15) is 0 Å². The first kappa shape index (κ1) is 15.1. The molecule has 110 valence electrons. The lowest BCUT2D eigenvalue weighted by Crippen LogP contribution is -2.24. The third-order valence-corrected chi connectivity index (χ3v) is 3.97. The van der Waals surface area contributed by atoms with Crippen LogP contribution in [0.5, 0.6) is 5.75 Å². The molecule has 0 unspecified atom stereocenters. The van der Waals surface area contributed by atoms with Crippen molar-refractivity contribution < 1.29 is 14.3 Å². The molecule has 1 aromatic carbocycles. The smallest absolute Gasteiger partial charge is 0.266 e. The highest BCUT2D eigenvalue weighted by molar-refractivity contribution is 8.18. The average molecular weight is 305 g/mol. The fraction of sp³-hybridized carbons (Fsp3) is 0.214. The normalized spacial score (nSPS) is 18.4. The van der Waals surface area contributed by atoms with Gasteiger partial charge in [-0.25, -0.2) is 0 Å². The molecule has 6 nitrogen and oxygen atoms in total. The third-order valence-electron chi connectivity index (χ3n) is 2.81. The summed E-state index contributed by atoms with van der Waals surface area (Å²) >= 11 is 1.18. The number of ether oxygens (including phenoxy) is 1. The summed E-state index contributed by atoms with van der Waals surface area (Å²) in [6.45, 7) is 0. The third kappa shape index (κ3) is 3.43. The minimum Gasteiger partial charge on any atom is -0.497 e. The van der Waals surface area contributed by atoms with Gasteiger partial charge in [-0.1, -0.05) is 0 Å². The Morgan fingerprint density at radius 2 is 2.05 bits per heavy atom. The number of amides is 2. The quantitative estimate of drug-likeness (QED) is 0.863. The van der Waals surface area contributed by atoms with E-state index in [9.17, 15) is 9.59 Å². The minimum atomic E-state index is -0.359. The molecule has 2 rings (SSSR count). The van der Waals surface area contributed by atoms with Gasteiger partial charge in [-0.3, -0.25) is 19.5 Å². The number of rotatable bonds is 3. The number of likely N-dealkylation sites (N-methyl/N-ethyl adjacent to an activating group) is 1. The van der Waals surface area contributed by atoms with E-state index in [1.165, 1.54) is 22.7 Å². The molecule has 0 aliphatic carbocycles. The number of aliphatic imine (C=N–C) groups is 1. The van der Waals surface area contributed by atoms with Crippen molar-refractivity contribution in [3.8, 4) is 5.75 Å². The molecule has 0 aromatic heterocycles. The fourth-order valence-electron chi connectivity index (χ4n) is 1.72. The highest BCUT2D eigenvalue weighted by Crippen LogP contribution is 2.29. The summed E-state index contributed by atoms with van der Waals surface area (Å²) in [7, 11) is 4.80. The van der Waals surface area contributed by atoms with Crippen molar-refractivity contribution in [3.63, 3.8) is 0 Å². The Hall–Kier alpha value is -2.28. The highest BCUT2D eigenvalue weighted by atomic mass is 32.2. The molecule has 1 aliphatic rings. The van der Waals surface area contributed by atoms with Crippen LogP contribution in [0.3, 0.4) is 0 Å². The molecule has 1 aliphatic heterocycles. The van der Waals surface area contributed by atoms with Crippen LogP contribution in [0.25, 0.3) is 0 Å². The number of nitrogens with one attached hydrogen (secondary N) is 1. The maximum Gasteiger partial charge on any atom is 0.266 e. The topological polar surface area (TPSA) is 71.0 Å². The van der Waals surface area contributed by atoms with E-state index in [4.69, 9.17) is 4.74 Å². The molecule has 1 aromatic rings. The van der Waals surface area contributed by atoms with Gasteiger partial charge in [0.15, 0.2) is 5.17 Å². The van der Waals surface area contributed by atoms with Crippen LogP contribution in [-0.4, -0.2) is 43.1 Å². The largest absolute Gasteiger partial charge is 0.497 e. The van der Waals surface area contributed by atoms with Gasteiger partial charge in [-0.05, 0) is 36.0 Å². The Bertz CT molecular complexity index is 623. The maximum absolute atomic E-state index is 11.9. The molecule has 0 bridgehead atoms. The maximum atomic E-state index is 11.9. The van der Waals surface area contributed by atoms with E-state index in [-0.39, 0.29) is 11.8 Å². The molecule has 0 radical (unpaired) electrons. The summed E-state index contributed by atoms with van der Waals surface area (Å²) in [5, 5.41) is 3.27. The molecule has 1 fully saturated rings. The van der Waals surface area contributed by atoms with E-state index in [2.05, 4.69) is 10.3 Å². The van der Waals surface area contributed by atoms with Crippen molar-refractivity contribution in [1.29, 1.82) is 0 Å². The van der Waals surface area contributed by atoms with Gasteiger partial charge in [0, 0.05) is 25.9 Å². The molecule has 21 heavy (non-hydrogen) atoms. The summed E-state index contributed by atoms with van der Waals surface area (Å²) in [5.41, 5.74) is 0.630. The summed E-state index contributed by atoms with van der Waals surface area (Å²) in [6.07, 6.45) is 1.28. The standard InChI is InChI=1S/C14H15N3O3S/c1-15-14-17(2)13(19)11(21-14)8-12(18)16-9-4-6-10(20-3)7-5-9/h4-8H,1-3H3,(H,16,18)/b11-8+,15-14?. The first-order chi connectivity index (χ1) is 10.0. The number of hydrogen-bond donors (Lipinski definition) is 1. The number of carbonyl (C=O) groups is 2. The second kappa shape index (κ2) is 6.45. The molecule has 7 heteroatoms. The fourth-order valence-corrected chi connectivity index (χ4v) is 2.62. The Kier molecular flexibility index (Phi) is 4.64. The van der Waals surface area contributed by atoms with Crippen LogP contribution in [0, 0.1) is 0 Å². The monoisotopic (exact) mass is 305 g/mol. The van der Waals surface area contributed by atoms with Gasteiger partial charge in [0.05, 0.1) is 12.0 Å². The SMILES string of the molecule is CN=C1S/C(=C/C(=O)Nc2ccc(OC)cc2)C(=O)N1C. The van der Waals surface area contributed by atoms with E-state index < -0.39 is 0 Å². The molecule has 0 atom stereocenters. The summed E-state index contributed by atoms with van der Waals surface area (Å²) in [6, 6.07) is 6.94. The first-order valence-corrected chi connectivity index (χ1v) is 6.96. The molecule has 1 N–H and O–H groups in total. The van der Waals surface area contributed by atoms with Crippen molar-refractivity contribution >= 4 is 34.4 Å². The van der Waals surface area contributed by atoms with Crippen molar-refractivity contribution in [2.45, 2.75) is 0 Å². The van der Waals surface area contributed by atoms with Gasteiger partial charge in [0.25, 0.3) is 5.91 Å². The van der Waals surface area contributed by atoms with Gasteiger partial charge < -0.3 is 10.1 Å². The van der Waals surface area contributed by atoms with Crippen LogP contribution in [0.2, 0.25) is 0 Å². The molecule has 0 saturated carbocycles. The molecule has 1 heterocycles. The lowest BCUT2D eigenvalue weighted by Gasteiger charge is -2.05. The van der Waals surface area contributed by atoms with Crippen LogP contribution in [0.15, 0.2) is 40.2 Å². The Balaban J connectivity index is 2.07. The zero-order valence-electron chi connectivity index (χ0n) is 11.9. The van der Waals surface area contributed by atoms with E-state index >= 15 is 0 Å².